The number of aliphatic carboxylic acids is 1. The van der Waals surface area contributed by atoms with Crippen molar-refractivity contribution in [1.82, 2.24) is 5.32 Å². The molecule has 1 aromatic rings. The van der Waals surface area contributed by atoms with E-state index in [1.54, 1.807) is 12.1 Å². The molecule has 0 radical (unpaired) electrons. The van der Waals surface area contributed by atoms with Crippen LogP contribution in [-0.2, 0) is 15.8 Å². The van der Waals surface area contributed by atoms with Crippen LogP contribution in [0.3, 0.4) is 0 Å². The highest BCUT2D eigenvalue weighted by molar-refractivity contribution is 7.38. The van der Waals surface area contributed by atoms with Crippen LogP contribution in [-0.4, -0.2) is 39.4 Å². The van der Waals surface area contributed by atoms with Crippen LogP contribution in [0.15, 0.2) is 24.3 Å². The summed E-state index contributed by atoms with van der Waals surface area (Å²) >= 11 is 0. The summed E-state index contributed by atoms with van der Waals surface area (Å²) < 4.78 is 11.8. The van der Waals surface area contributed by atoms with Gasteiger partial charge < -0.3 is 15.5 Å². The van der Waals surface area contributed by atoms with Gasteiger partial charge in [0.2, 0.25) is 0 Å². The molecule has 27 heavy (non-hydrogen) atoms. The molecule has 7 heteroatoms. The van der Waals surface area contributed by atoms with Crippen LogP contribution < -0.4 is 5.32 Å². The molecule has 0 bridgehead atoms. The van der Waals surface area contributed by atoms with Gasteiger partial charge in [-0.25, -0.2) is 0 Å². The summed E-state index contributed by atoms with van der Waals surface area (Å²) in [4.78, 5) is 20.4. The van der Waals surface area contributed by atoms with E-state index in [-0.39, 0.29) is 24.0 Å². The van der Waals surface area contributed by atoms with Gasteiger partial charge in [0.15, 0.2) is 5.66 Å². The number of aliphatic hydroxyl groups excluding tert-OH is 1. The molecule has 1 saturated carbocycles. The third-order valence-corrected chi connectivity index (χ3v) is 6.69. The number of nitrogens with one attached hydrogen (secondary N) is 1. The lowest BCUT2D eigenvalue weighted by molar-refractivity contribution is -0.136. The van der Waals surface area contributed by atoms with Crippen molar-refractivity contribution >= 4 is 14.0 Å². The fourth-order valence-corrected chi connectivity index (χ4v) is 4.96. The molecular weight excluding hydrogens is 365 g/mol. The van der Waals surface area contributed by atoms with Crippen molar-refractivity contribution < 1.29 is 24.5 Å². The van der Waals surface area contributed by atoms with Crippen molar-refractivity contribution in [2.75, 3.05) is 6.54 Å². The summed E-state index contributed by atoms with van der Waals surface area (Å²) in [5, 5.41) is 22.5. The van der Waals surface area contributed by atoms with E-state index in [0.29, 0.717) is 13.0 Å². The van der Waals surface area contributed by atoms with E-state index >= 15 is 0 Å². The molecular formula is C20H31NO5P+. The molecule has 0 aliphatic heterocycles. The second-order valence-corrected chi connectivity index (χ2v) is 8.87. The van der Waals surface area contributed by atoms with Gasteiger partial charge >= 0.3 is 14.0 Å². The number of hydrogen-bond acceptors (Lipinski definition) is 4. The maximum absolute atomic E-state index is 11.8. The van der Waals surface area contributed by atoms with Gasteiger partial charge in [-0.1, -0.05) is 43.5 Å². The zero-order chi connectivity index (χ0) is 19.8. The normalized spacial score (nSPS) is 19.3. The third-order valence-electron chi connectivity index (χ3n) is 5.49. The fraction of sp³-hybridized carbons (Fsp3) is 0.650. The Bertz CT molecular complexity index is 615. The standard InChI is InChI=1S/C20H30NO5P/c1-14(16-9-7-15(8-10-16)11-20(23)24)21-13-18(22)12-19(27(25)26)17-5-3-2-4-6-17/h7-10,14,17-19,21-22H,2-6,11-13H2,1H3,(H-,23,24,25,26)/p+1/t14?,18-,19?/m0/s1. The first-order valence-corrected chi connectivity index (χ1v) is 11.0. The van der Waals surface area contributed by atoms with Gasteiger partial charge in [0.1, 0.15) is 0 Å². The van der Waals surface area contributed by atoms with Gasteiger partial charge in [0, 0.05) is 24.9 Å². The SMILES string of the molecule is CC(NC[C@@H](O)CC(C1CCCCC1)[P+](=O)O)c1ccc(CC(=O)O)cc1. The Morgan fingerprint density at radius 3 is 2.41 bits per heavy atom. The summed E-state index contributed by atoms with van der Waals surface area (Å²) in [6.45, 7) is 2.33. The van der Waals surface area contributed by atoms with E-state index in [1.165, 1.54) is 6.42 Å². The minimum Gasteiger partial charge on any atom is -0.481 e. The summed E-state index contributed by atoms with van der Waals surface area (Å²) in [5.74, 6) is -0.618. The average Bonchev–Trinajstić information content (AvgIpc) is 2.64. The minimum atomic E-state index is -2.29. The smallest absolute Gasteiger partial charge is 0.481 e. The molecule has 150 valence electrons. The average molecular weight is 396 g/mol. The number of carboxylic acids is 1. The minimum absolute atomic E-state index is 0.00267. The van der Waals surface area contributed by atoms with E-state index < -0.39 is 20.1 Å². The monoisotopic (exact) mass is 396 g/mol. The fourth-order valence-electron chi connectivity index (χ4n) is 3.87. The first kappa shape index (κ1) is 22.0. The van der Waals surface area contributed by atoms with Gasteiger partial charge in [0.25, 0.3) is 0 Å². The molecule has 0 amide bonds. The van der Waals surface area contributed by atoms with E-state index in [4.69, 9.17) is 5.11 Å². The molecule has 4 N–H and O–H groups in total. The number of carboxylic acid groups (broad SMARTS) is 1. The maximum atomic E-state index is 11.8. The van der Waals surface area contributed by atoms with Crippen LogP contribution in [0.1, 0.15) is 62.6 Å². The van der Waals surface area contributed by atoms with Gasteiger partial charge in [-0.15, -0.1) is 0 Å². The van der Waals surface area contributed by atoms with Crippen molar-refractivity contribution in [3.8, 4) is 0 Å². The van der Waals surface area contributed by atoms with Crippen LogP contribution in [0.2, 0.25) is 0 Å². The predicted molar refractivity (Wildman–Crippen MR) is 105 cm³/mol. The van der Waals surface area contributed by atoms with Crippen LogP contribution in [0, 0.1) is 5.92 Å². The molecule has 1 aromatic carbocycles. The van der Waals surface area contributed by atoms with Gasteiger partial charge in [-0.05, 0) is 35.5 Å². The highest BCUT2D eigenvalue weighted by Crippen LogP contribution is 2.40. The second kappa shape index (κ2) is 10.9. The molecule has 0 heterocycles. The molecule has 1 aliphatic rings. The molecule has 2 rings (SSSR count). The summed E-state index contributed by atoms with van der Waals surface area (Å²) in [6.07, 6.45) is 5.03. The Kier molecular flexibility index (Phi) is 8.84. The number of hydrogen-bond donors (Lipinski definition) is 4. The van der Waals surface area contributed by atoms with Gasteiger partial charge in [0.05, 0.1) is 12.5 Å². The van der Waals surface area contributed by atoms with Crippen molar-refractivity contribution in [3.05, 3.63) is 35.4 Å². The highest BCUT2D eigenvalue weighted by atomic mass is 31.1. The third kappa shape index (κ3) is 7.30. The molecule has 3 unspecified atom stereocenters. The molecule has 1 fully saturated rings. The molecule has 0 saturated heterocycles. The number of benzene rings is 1. The molecule has 4 atom stereocenters. The Morgan fingerprint density at radius 1 is 1.22 bits per heavy atom. The van der Waals surface area contributed by atoms with Gasteiger partial charge in [-0.2, -0.15) is 4.89 Å². The first-order chi connectivity index (χ1) is 12.9. The summed E-state index contributed by atoms with van der Waals surface area (Å²) in [5.41, 5.74) is 1.43. The number of rotatable bonds is 10. The lowest BCUT2D eigenvalue weighted by Gasteiger charge is -2.25. The van der Waals surface area contributed by atoms with E-state index in [0.717, 1.165) is 36.8 Å². The largest absolute Gasteiger partial charge is 0.509 e. The lowest BCUT2D eigenvalue weighted by Crippen LogP contribution is -2.33. The Hall–Kier alpha value is -1.33. The first-order valence-electron chi connectivity index (χ1n) is 9.74. The zero-order valence-corrected chi connectivity index (χ0v) is 16.8. The van der Waals surface area contributed by atoms with Crippen LogP contribution in [0.5, 0.6) is 0 Å². The van der Waals surface area contributed by atoms with Gasteiger partial charge in [-0.3, -0.25) is 4.79 Å². The molecule has 0 aromatic heterocycles. The van der Waals surface area contributed by atoms with E-state index in [9.17, 15) is 19.4 Å². The topological polar surface area (TPSA) is 107 Å². The summed E-state index contributed by atoms with van der Waals surface area (Å²) in [6, 6.07) is 7.37. The number of aliphatic hydroxyl groups is 1. The highest BCUT2D eigenvalue weighted by Gasteiger charge is 2.39. The van der Waals surface area contributed by atoms with Crippen molar-refractivity contribution in [1.29, 1.82) is 0 Å². The Morgan fingerprint density at radius 2 is 1.85 bits per heavy atom. The molecule has 1 aliphatic carbocycles. The second-order valence-electron chi connectivity index (χ2n) is 7.60. The predicted octanol–water partition coefficient (Wildman–Crippen LogP) is 3.40. The zero-order valence-electron chi connectivity index (χ0n) is 15.9. The van der Waals surface area contributed by atoms with Crippen molar-refractivity contribution in [3.63, 3.8) is 0 Å². The van der Waals surface area contributed by atoms with Crippen LogP contribution in [0.4, 0.5) is 0 Å². The van der Waals surface area contributed by atoms with Crippen molar-refractivity contribution in [2.45, 2.75) is 69.7 Å². The van der Waals surface area contributed by atoms with Crippen molar-refractivity contribution in [2.24, 2.45) is 5.92 Å². The van der Waals surface area contributed by atoms with E-state index in [1.807, 2.05) is 19.1 Å². The van der Waals surface area contributed by atoms with Crippen LogP contribution in [0.25, 0.3) is 0 Å². The Labute approximate surface area is 161 Å². The lowest BCUT2D eigenvalue weighted by atomic mass is 9.85. The Balaban J connectivity index is 1.83. The quantitative estimate of drug-likeness (QED) is 0.452. The number of carbonyl (C=O) groups is 1. The van der Waals surface area contributed by atoms with E-state index in [2.05, 4.69) is 5.32 Å². The molecule has 6 nitrogen and oxygen atoms in total. The summed E-state index contributed by atoms with van der Waals surface area (Å²) in [7, 11) is -2.29. The molecule has 0 spiro atoms. The van der Waals surface area contributed by atoms with Crippen LogP contribution >= 0.6 is 8.03 Å². The maximum Gasteiger partial charge on any atom is 0.509 e.